The predicted octanol–water partition coefficient (Wildman–Crippen LogP) is 2.89. The monoisotopic (exact) mass is 514 g/mol. The van der Waals surface area contributed by atoms with Crippen molar-refractivity contribution < 1.29 is 45.4 Å². The molecule has 0 spiro atoms. The summed E-state index contributed by atoms with van der Waals surface area (Å²) in [6, 6.07) is 9.72. The highest BCUT2D eigenvalue weighted by atomic mass is 32.2. The number of carbonyl (C=O) groups is 2. The fraction of sp³-hybridized carbons (Fsp3) is 0.364. The third-order valence-electron chi connectivity index (χ3n) is 5.37. The number of cyclic esters (lactones) is 1. The summed E-state index contributed by atoms with van der Waals surface area (Å²) in [5.41, 5.74) is 0.564. The van der Waals surface area contributed by atoms with Crippen molar-refractivity contribution in [3.8, 4) is 5.75 Å². The van der Waals surface area contributed by atoms with Gasteiger partial charge in [-0.2, -0.15) is 17.5 Å². The van der Waals surface area contributed by atoms with Gasteiger partial charge in [0.05, 0.1) is 35.8 Å². The van der Waals surface area contributed by atoms with Crippen LogP contribution in [0.4, 0.5) is 18.9 Å². The van der Waals surface area contributed by atoms with E-state index in [1.807, 2.05) is 0 Å². The fourth-order valence-electron chi connectivity index (χ4n) is 3.73. The normalized spacial score (nSPS) is 18.6. The lowest BCUT2D eigenvalue weighted by atomic mass is 10.0. The van der Waals surface area contributed by atoms with Gasteiger partial charge in [0.15, 0.2) is 6.61 Å². The Morgan fingerprint density at radius 3 is 2.57 bits per heavy atom. The molecular formula is C22H21F3N2O7S. The zero-order valence-corrected chi connectivity index (χ0v) is 19.0. The highest BCUT2D eigenvalue weighted by Crippen LogP contribution is 2.35. The number of fused-ring (bicyclic) bond motifs is 1. The van der Waals surface area contributed by atoms with Crippen LogP contribution in [0.5, 0.6) is 5.75 Å². The number of halogens is 3. The first-order valence-corrected chi connectivity index (χ1v) is 12.0. The van der Waals surface area contributed by atoms with Crippen LogP contribution in [0.1, 0.15) is 28.4 Å². The second kappa shape index (κ2) is 9.84. The summed E-state index contributed by atoms with van der Waals surface area (Å²) in [4.78, 5) is 24.5. The molecule has 2 aromatic rings. The fourth-order valence-corrected chi connectivity index (χ4v) is 5.16. The van der Waals surface area contributed by atoms with Gasteiger partial charge in [-0.25, -0.2) is 13.2 Å². The highest BCUT2D eigenvalue weighted by molar-refractivity contribution is 7.89. The van der Waals surface area contributed by atoms with Crippen molar-refractivity contribution in [1.82, 2.24) is 4.31 Å². The number of amides is 1. The summed E-state index contributed by atoms with van der Waals surface area (Å²) >= 11 is 0. The molecule has 0 radical (unpaired) electrons. The van der Waals surface area contributed by atoms with E-state index >= 15 is 0 Å². The average molecular weight is 514 g/mol. The Hall–Kier alpha value is -3.16. The predicted molar refractivity (Wildman–Crippen MR) is 115 cm³/mol. The molecule has 0 aromatic heterocycles. The Kier molecular flexibility index (Phi) is 7.01. The van der Waals surface area contributed by atoms with Crippen molar-refractivity contribution in [3.63, 3.8) is 0 Å². The topological polar surface area (TPSA) is 111 Å². The van der Waals surface area contributed by atoms with Crippen molar-refractivity contribution in [2.24, 2.45) is 0 Å². The van der Waals surface area contributed by atoms with Gasteiger partial charge >= 0.3 is 12.1 Å². The third kappa shape index (κ3) is 5.74. The molecule has 1 amide bonds. The van der Waals surface area contributed by atoms with Gasteiger partial charge in [-0.3, -0.25) is 4.79 Å². The Labute approximate surface area is 198 Å². The number of nitrogens with zero attached hydrogens (tertiary/aromatic N) is 1. The summed E-state index contributed by atoms with van der Waals surface area (Å²) in [7, 11) is -4.00. The minimum Gasteiger partial charge on any atom is -0.482 e. The first-order valence-electron chi connectivity index (χ1n) is 10.6. The lowest BCUT2D eigenvalue weighted by Gasteiger charge is -2.26. The Morgan fingerprint density at radius 1 is 1.14 bits per heavy atom. The van der Waals surface area contributed by atoms with Crippen LogP contribution in [0.2, 0.25) is 0 Å². The van der Waals surface area contributed by atoms with Gasteiger partial charge in [0.25, 0.3) is 0 Å². The number of nitrogens with one attached hydrogen (secondary N) is 1. The van der Waals surface area contributed by atoms with Crippen molar-refractivity contribution in [2.75, 3.05) is 38.2 Å². The van der Waals surface area contributed by atoms with Crippen molar-refractivity contribution in [1.29, 1.82) is 0 Å². The number of anilines is 1. The number of alkyl halides is 3. The molecule has 1 fully saturated rings. The SMILES string of the molecule is O=C(C[C@@H]1OC(=O)c2ccccc21)Nc1cc(S(=O)(=O)N2CCOCC2)ccc1OCC(F)(F)F. The molecule has 2 aliphatic heterocycles. The van der Waals surface area contributed by atoms with Crippen molar-refractivity contribution in [2.45, 2.75) is 23.6 Å². The number of carbonyl (C=O) groups excluding carboxylic acids is 2. The maximum atomic E-state index is 13.0. The lowest BCUT2D eigenvalue weighted by molar-refractivity contribution is -0.153. The maximum absolute atomic E-state index is 13.0. The Morgan fingerprint density at radius 2 is 1.86 bits per heavy atom. The van der Waals surface area contributed by atoms with Crippen LogP contribution in [0, 0.1) is 0 Å². The smallest absolute Gasteiger partial charge is 0.422 e. The number of hydrogen-bond donors (Lipinski definition) is 1. The van der Waals surface area contributed by atoms with Gasteiger partial charge in [0.1, 0.15) is 11.9 Å². The molecule has 4 rings (SSSR count). The second-order valence-corrected chi connectivity index (χ2v) is 9.75. The second-order valence-electron chi connectivity index (χ2n) is 7.81. The van der Waals surface area contributed by atoms with Crippen LogP contribution in [0.15, 0.2) is 47.4 Å². The minimum absolute atomic E-state index is 0.114. The molecule has 2 heterocycles. The van der Waals surface area contributed by atoms with Crippen LogP contribution < -0.4 is 10.1 Å². The van der Waals surface area contributed by atoms with Gasteiger partial charge in [0, 0.05) is 18.7 Å². The molecule has 13 heteroatoms. The van der Waals surface area contributed by atoms with E-state index in [4.69, 9.17) is 14.2 Å². The van der Waals surface area contributed by atoms with Crippen LogP contribution >= 0.6 is 0 Å². The quantitative estimate of drug-likeness (QED) is 0.566. The molecule has 35 heavy (non-hydrogen) atoms. The number of ether oxygens (including phenoxy) is 3. The summed E-state index contributed by atoms with van der Waals surface area (Å²) in [6.07, 6.45) is -5.87. The molecule has 9 nitrogen and oxygen atoms in total. The first-order chi connectivity index (χ1) is 16.5. The van der Waals surface area contributed by atoms with E-state index in [9.17, 15) is 31.2 Å². The summed E-state index contributed by atoms with van der Waals surface area (Å²) in [5, 5.41) is 2.40. The Bertz CT molecular complexity index is 1230. The van der Waals surface area contributed by atoms with Crippen LogP contribution in [0.3, 0.4) is 0 Å². The molecule has 1 saturated heterocycles. The molecule has 0 saturated carbocycles. The molecule has 0 unspecified atom stereocenters. The van der Waals surface area contributed by atoms with E-state index < -0.39 is 40.8 Å². The molecule has 0 bridgehead atoms. The number of hydrogen-bond acceptors (Lipinski definition) is 7. The summed E-state index contributed by atoms with van der Waals surface area (Å²) in [6.45, 7) is -1.00. The van der Waals surface area contributed by atoms with Gasteiger partial charge in [-0.15, -0.1) is 0 Å². The lowest BCUT2D eigenvalue weighted by Crippen LogP contribution is -2.40. The van der Waals surface area contributed by atoms with E-state index in [-0.39, 0.29) is 49.1 Å². The van der Waals surface area contributed by atoms with Crippen molar-refractivity contribution >= 4 is 27.6 Å². The number of benzene rings is 2. The van der Waals surface area contributed by atoms with E-state index in [2.05, 4.69) is 5.32 Å². The van der Waals surface area contributed by atoms with Gasteiger partial charge in [-0.05, 0) is 24.3 Å². The minimum atomic E-state index is -4.65. The third-order valence-corrected chi connectivity index (χ3v) is 7.27. The number of esters is 1. The highest BCUT2D eigenvalue weighted by Gasteiger charge is 2.33. The van der Waals surface area contributed by atoms with Gasteiger partial charge in [-0.1, -0.05) is 18.2 Å². The van der Waals surface area contributed by atoms with Crippen LogP contribution in [-0.4, -0.2) is 63.7 Å². The Balaban J connectivity index is 1.57. The van der Waals surface area contributed by atoms with Crippen LogP contribution in [0.25, 0.3) is 0 Å². The first kappa shape index (κ1) is 24.9. The van der Waals surface area contributed by atoms with E-state index in [0.717, 1.165) is 18.2 Å². The standard InChI is InChI=1S/C22H21F3N2O7S/c23-22(24,25)13-33-18-6-5-14(35(30,31)27-7-9-32-10-8-27)11-17(18)26-20(28)12-19-15-3-1-2-4-16(15)21(29)34-19/h1-6,11,19H,7-10,12-13H2,(H,26,28)/t19-/m0/s1. The molecule has 1 atom stereocenters. The zero-order valence-electron chi connectivity index (χ0n) is 18.2. The molecule has 2 aliphatic rings. The molecule has 1 N–H and O–H groups in total. The molecule has 2 aromatic carbocycles. The number of morpholine rings is 1. The largest absolute Gasteiger partial charge is 0.482 e. The summed E-state index contributed by atoms with van der Waals surface area (Å²) < 4.78 is 80.5. The number of sulfonamides is 1. The van der Waals surface area contributed by atoms with Crippen molar-refractivity contribution in [3.05, 3.63) is 53.6 Å². The van der Waals surface area contributed by atoms with Gasteiger partial charge in [0.2, 0.25) is 15.9 Å². The molecular weight excluding hydrogens is 493 g/mol. The average Bonchev–Trinajstić information content (AvgIpc) is 3.13. The number of rotatable bonds is 7. The van der Waals surface area contributed by atoms with E-state index in [1.165, 1.54) is 4.31 Å². The maximum Gasteiger partial charge on any atom is 0.422 e. The summed E-state index contributed by atoms with van der Waals surface area (Å²) in [5.74, 6) is -1.66. The van der Waals surface area contributed by atoms with Crippen LogP contribution in [-0.2, 0) is 24.3 Å². The molecule has 188 valence electrons. The zero-order chi connectivity index (χ0) is 25.2. The van der Waals surface area contributed by atoms with E-state index in [1.54, 1.807) is 24.3 Å². The van der Waals surface area contributed by atoms with Gasteiger partial charge < -0.3 is 19.5 Å². The molecule has 0 aliphatic carbocycles. The van der Waals surface area contributed by atoms with E-state index in [0.29, 0.717) is 11.1 Å².